The largest absolute Gasteiger partial charge is 0.411 e. The van der Waals surface area contributed by atoms with Crippen molar-refractivity contribution in [1.29, 1.82) is 0 Å². The third-order valence-electron chi connectivity index (χ3n) is 3.97. The molecule has 2 aromatic carbocycles. The molecule has 2 radical (unpaired) electrons. The minimum absolute atomic E-state index is 0.149. The van der Waals surface area contributed by atoms with E-state index in [0.29, 0.717) is 11.1 Å². The molecule has 0 fully saturated rings. The molecule has 3 nitrogen and oxygen atoms in total. The van der Waals surface area contributed by atoms with E-state index in [1.54, 1.807) is 33.1 Å². The summed E-state index contributed by atoms with van der Waals surface area (Å²) in [5.41, 5.74) is 1.65. The molecule has 1 atom stereocenters. The Balaban J connectivity index is 0.000000321. The van der Waals surface area contributed by atoms with Gasteiger partial charge in [-0.15, -0.1) is 0 Å². The Labute approximate surface area is 168 Å². The van der Waals surface area contributed by atoms with E-state index >= 15 is 0 Å². The van der Waals surface area contributed by atoms with Gasteiger partial charge in [-0.3, -0.25) is 0 Å². The molecule has 0 aliphatic rings. The fourth-order valence-electron chi connectivity index (χ4n) is 2.40. The molecule has 0 heterocycles. The van der Waals surface area contributed by atoms with Crippen LogP contribution in [-0.2, 0) is 0 Å². The second-order valence-electron chi connectivity index (χ2n) is 6.12. The fourth-order valence-corrected chi connectivity index (χ4v) is 6.56. The number of hydrogen-bond acceptors (Lipinski definition) is 3. The van der Waals surface area contributed by atoms with Crippen molar-refractivity contribution >= 4 is 26.9 Å². The van der Waals surface area contributed by atoms with Crippen LogP contribution in [0, 0.1) is 0 Å². The standard InChI is InChI=1S/C14H13NO2.2C4H9.Sn/c16-14(12-9-5-2-6-10-12)13(15-17)11-7-3-1-4-8-11;2*1-3-4-2;/h1-10,14,16-17H;2*1,3-4H2,2H3;/b15-13-;;;. The zero-order chi connectivity index (χ0) is 19.0. The van der Waals surface area contributed by atoms with Gasteiger partial charge < -0.3 is 10.3 Å². The number of rotatable bonds is 9. The minimum Gasteiger partial charge on any atom is -0.411 e. The average Bonchev–Trinajstić information content (AvgIpc) is 2.70. The summed E-state index contributed by atoms with van der Waals surface area (Å²) < 4.78 is 3.25. The Hall–Kier alpha value is -1.33. The third kappa shape index (κ3) is 8.86. The van der Waals surface area contributed by atoms with Crippen LogP contribution in [0.2, 0.25) is 8.87 Å². The van der Waals surface area contributed by atoms with Gasteiger partial charge in [0, 0.05) is 5.56 Å². The zero-order valence-corrected chi connectivity index (χ0v) is 18.8. The first-order chi connectivity index (χ1) is 12.7. The summed E-state index contributed by atoms with van der Waals surface area (Å²) in [6.45, 7) is 4.58. The van der Waals surface area contributed by atoms with Gasteiger partial charge in [-0.1, -0.05) is 65.8 Å². The number of aliphatic hydroxyl groups is 1. The molecule has 2 rings (SSSR count). The third-order valence-corrected chi connectivity index (χ3v) is 8.00. The second-order valence-corrected chi connectivity index (χ2v) is 10.4. The van der Waals surface area contributed by atoms with E-state index in [4.69, 9.17) is 5.21 Å². The number of benzene rings is 2. The smallest absolute Gasteiger partial charge is 0.125 e. The molecular weight excluding hydrogens is 429 g/mol. The van der Waals surface area contributed by atoms with Crippen LogP contribution in [0.3, 0.4) is 0 Å². The van der Waals surface area contributed by atoms with E-state index in [-0.39, 0.29) is 26.9 Å². The summed E-state index contributed by atoms with van der Waals surface area (Å²) in [6, 6.07) is 18.2. The molecule has 140 valence electrons. The molecule has 2 aromatic rings. The fraction of sp³-hybridized carbons (Fsp3) is 0.409. The van der Waals surface area contributed by atoms with E-state index < -0.39 is 6.10 Å². The summed E-state index contributed by atoms with van der Waals surface area (Å²) in [5.74, 6) is 0. The van der Waals surface area contributed by atoms with Gasteiger partial charge in [-0.05, 0) is 5.56 Å². The van der Waals surface area contributed by atoms with E-state index in [2.05, 4.69) is 19.0 Å². The molecule has 0 aliphatic carbocycles. The normalized spacial score (nSPS) is 12.2. The molecule has 0 bridgehead atoms. The Bertz CT molecular complexity index is 596. The SMILES string of the molecule is CCC[CH2][Sn][CH2]CCC.O/N=C(/c1ccccc1)C(O)c1ccccc1. The summed E-state index contributed by atoms with van der Waals surface area (Å²) in [4.78, 5) is 0. The molecule has 0 aromatic heterocycles. The Morgan fingerprint density at radius 3 is 1.85 bits per heavy atom. The van der Waals surface area contributed by atoms with Crippen LogP contribution in [0.15, 0.2) is 65.8 Å². The van der Waals surface area contributed by atoms with Crippen molar-refractivity contribution in [2.45, 2.75) is 54.5 Å². The predicted molar refractivity (Wildman–Crippen MR) is 111 cm³/mol. The number of unbranched alkanes of at least 4 members (excludes halogenated alkanes) is 2. The van der Waals surface area contributed by atoms with Crippen LogP contribution >= 0.6 is 0 Å². The molecule has 1 unspecified atom stereocenters. The number of oxime groups is 1. The maximum absolute atomic E-state index is 10.1. The van der Waals surface area contributed by atoms with Crippen molar-refractivity contribution < 1.29 is 10.3 Å². The van der Waals surface area contributed by atoms with Crippen LogP contribution in [0.4, 0.5) is 0 Å². The van der Waals surface area contributed by atoms with E-state index in [9.17, 15) is 5.11 Å². The molecule has 0 saturated carbocycles. The maximum Gasteiger partial charge on any atom is 0.125 e. The van der Waals surface area contributed by atoms with Crippen LogP contribution in [0.5, 0.6) is 0 Å². The second kappa shape index (κ2) is 14.8. The van der Waals surface area contributed by atoms with Crippen molar-refractivity contribution in [3.63, 3.8) is 0 Å². The first-order valence-corrected chi connectivity index (χ1v) is 13.5. The van der Waals surface area contributed by atoms with Crippen molar-refractivity contribution in [2.75, 3.05) is 0 Å². The van der Waals surface area contributed by atoms with Crippen LogP contribution in [0.1, 0.15) is 56.8 Å². The molecule has 0 aliphatic heterocycles. The van der Waals surface area contributed by atoms with Gasteiger partial charge in [0.05, 0.1) is 0 Å². The molecular formula is C22H31NO2Sn. The Morgan fingerprint density at radius 1 is 0.885 bits per heavy atom. The van der Waals surface area contributed by atoms with Crippen LogP contribution in [0.25, 0.3) is 0 Å². The Kier molecular flexibility index (Phi) is 12.9. The maximum atomic E-state index is 10.1. The van der Waals surface area contributed by atoms with Crippen molar-refractivity contribution in [3.8, 4) is 0 Å². The molecule has 0 saturated heterocycles. The van der Waals surface area contributed by atoms with E-state index in [1.165, 1.54) is 25.7 Å². The summed E-state index contributed by atoms with van der Waals surface area (Å²) in [6.07, 6.45) is 4.91. The zero-order valence-electron chi connectivity index (χ0n) is 15.9. The summed E-state index contributed by atoms with van der Waals surface area (Å²) in [7, 11) is 0. The first kappa shape index (κ1) is 22.7. The van der Waals surface area contributed by atoms with Gasteiger partial charge in [0.1, 0.15) is 11.8 Å². The molecule has 26 heavy (non-hydrogen) atoms. The number of aliphatic hydroxyl groups excluding tert-OH is 1. The predicted octanol–water partition coefficient (Wildman–Crippen LogP) is 5.73. The van der Waals surface area contributed by atoms with Gasteiger partial charge in [0.25, 0.3) is 0 Å². The first-order valence-electron chi connectivity index (χ1n) is 9.45. The molecule has 2 N–H and O–H groups in total. The monoisotopic (exact) mass is 461 g/mol. The molecule has 0 spiro atoms. The van der Waals surface area contributed by atoms with E-state index in [1.807, 2.05) is 36.4 Å². The van der Waals surface area contributed by atoms with E-state index in [0.717, 1.165) is 0 Å². The topological polar surface area (TPSA) is 52.8 Å². The summed E-state index contributed by atoms with van der Waals surface area (Å²) in [5, 5.41) is 22.4. The van der Waals surface area contributed by atoms with Gasteiger partial charge >= 0.3 is 69.5 Å². The average molecular weight is 460 g/mol. The molecule has 0 amide bonds. The van der Waals surface area contributed by atoms with Gasteiger partial charge in [0.15, 0.2) is 0 Å². The van der Waals surface area contributed by atoms with Crippen molar-refractivity contribution in [2.24, 2.45) is 5.16 Å². The van der Waals surface area contributed by atoms with Gasteiger partial charge in [-0.25, -0.2) is 0 Å². The van der Waals surface area contributed by atoms with Crippen LogP contribution < -0.4 is 0 Å². The summed E-state index contributed by atoms with van der Waals surface area (Å²) >= 11 is 0.149. The van der Waals surface area contributed by atoms with Crippen molar-refractivity contribution in [3.05, 3.63) is 71.8 Å². The number of hydrogen-bond donors (Lipinski definition) is 2. The number of nitrogens with zero attached hydrogens (tertiary/aromatic N) is 1. The quantitative estimate of drug-likeness (QED) is 0.165. The Morgan fingerprint density at radius 2 is 1.38 bits per heavy atom. The van der Waals surface area contributed by atoms with Gasteiger partial charge in [0.2, 0.25) is 0 Å². The van der Waals surface area contributed by atoms with Gasteiger partial charge in [-0.2, -0.15) is 0 Å². The molecule has 4 heteroatoms. The van der Waals surface area contributed by atoms with Crippen molar-refractivity contribution in [1.82, 2.24) is 0 Å². The van der Waals surface area contributed by atoms with Crippen LogP contribution in [-0.4, -0.2) is 37.2 Å². The minimum atomic E-state index is -0.927.